The van der Waals surface area contributed by atoms with Crippen LogP contribution in [0.3, 0.4) is 0 Å². The van der Waals surface area contributed by atoms with E-state index in [2.05, 4.69) is 4.98 Å². The van der Waals surface area contributed by atoms with Crippen LogP contribution in [0.25, 0.3) is 11.3 Å². The molecular weight excluding hydrogens is 274 g/mol. The number of methoxy groups -OCH3 is 1. The molecule has 1 aromatic heterocycles. The highest BCUT2D eigenvalue weighted by molar-refractivity contribution is 7.14. The van der Waals surface area contributed by atoms with Crippen molar-refractivity contribution >= 4 is 28.9 Å². The van der Waals surface area contributed by atoms with Crippen molar-refractivity contribution in [2.75, 3.05) is 7.11 Å². The van der Waals surface area contributed by atoms with Gasteiger partial charge in [0.1, 0.15) is 10.6 Å². The molecular formula is C12H10ClNO3S. The normalized spacial score (nSPS) is 10.4. The fourth-order valence-corrected chi connectivity index (χ4v) is 2.55. The van der Waals surface area contributed by atoms with E-state index in [1.807, 2.05) is 0 Å². The average Bonchev–Trinajstić information content (AvgIpc) is 2.72. The van der Waals surface area contributed by atoms with Gasteiger partial charge in [-0.15, -0.1) is 11.3 Å². The third-order valence-electron chi connectivity index (χ3n) is 2.35. The summed E-state index contributed by atoms with van der Waals surface area (Å²) in [5.41, 5.74) is 1.12. The van der Waals surface area contributed by atoms with Crippen LogP contribution in [0.5, 0.6) is 5.75 Å². The van der Waals surface area contributed by atoms with Gasteiger partial charge in [-0.05, 0) is 19.1 Å². The first kappa shape index (κ1) is 12.9. The lowest BCUT2D eigenvalue weighted by molar-refractivity contribution is 0.0702. The summed E-state index contributed by atoms with van der Waals surface area (Å²) in [6, 6.07) is 5.07. The molecule has 0 aliphatic heterocycles. The van der Waals surface area contributed by atoms with Crippen LogP contribution in [-0.4, -0.2) is 23.2 Å². The summed E-state index contributed by atoms with van der Waals surface area (Å²) in [7, 11) is 1.51. The van der Waals surface area contributed by atoms with Gasteiger partial charge in [-0.3, -0.25) is 0 Å². The van der Waals surface area contributed by atoms with Crippen molar-refractivity contribution in [3.8, 4) is 17.0 Å². The van der Waals surface area contributed by atoms with Crippen LogP contribution in [0.1, 0.15) is 14.7 Å². The number of hydrogen-bond acceptors (Lipinski definition) is 4. The molecule has 0 aliphatic rings. The van der Waals surface area contributed by atoms with Crippen LogP contribution in [0, 0.1) is 6.92 Å². The summed E-state index contributed by atoms with van der Waals surface area (Å²) >= 11 is 7.08. The molecule has 0 radical (unpaired) electrons. The maximum Gasteiger partial charge on any atom is 0.348 e. The first-order valence-corrected chi connectivity index (χ1v) is 6.27. The summed E-state index contributed by atoms with van der Waals surface area (Å²) in [6.07, 6.45) is 0. The van der Waals surface area contributed by atoms with E-state index in [-0.39, 0.29) is 4.88 Å². The molecule has 6 heteroatoms. The molecule has 0 aliphatic carbocycles. The van der Waals surface area contributed by atoms with Crippen molar-refractivity contribution in [2.45, 2.75) is 6.92 Å². The highest BCUT2D eigenvalue weighted by atomic mass is 35.5. The van der Waals surface area contributed by atoms with E-state index in [4.69, 9.17) is 21.4 Å². The maximum atomic E-state index is 11.1. The standard InChI is InChI=1S/C12H10ClNO3S/c1-6-14-10(11(18-6)12(15)16)7-3-4-8(13)9(5-7)17-2/h3-5H,1-2H3,(H,15,16). The minimum atomic E-state index is -0.982. The van der Waals surface area contributed by atoms with E-state index in [1.54, 1.807) is 25.1 Å². The fourth-order valence-electron chi connectivity index (χ4n) is 1.57. The van der Waals surface area contributed by atoms with Crippen molar-refractivity contribution in [1.82, 2.24) is 4.98 Å². The van der Waals surface area contributed by atoms with Crippen molar-refractivity contribution in [3.05, 3.63) is 33.1 Å². The Labute approximate surface area is 113 Å². The van der Waals surface area contributed by atoms with E-state index < -0.39 is 5.97 Å². The molecule has 0 saturated heterocycles. The largest absolute Gasteiger partial charge is 0.495 e. The van der Waals surface area contributed by atoms with Gasteiger partial charge in [-0.2, -0.15) is 0 Å². The van der Waals surface area contributed by atoms with Gasteiger partial charge in [0, 0.05) is 5.56 Å². The number of aromatic nitrogens is 1. The van der Waals surface area contributed by atoms with Gasteiger partial charge in [0.05, 0.1) is 22.8 Å². The average molecular weight is 284 g/mol. The van der Waals surface area contributed by atoms with Crippen molar-refractivity contribution in [3.63, 3.8) is 0 Å². The van der Waals surface area contributed by atoms with E-state index in [0.717, 1.165) is 11.3 Å². The lowest BCUT2D eigenvalue weighted by atomic mass is 10.1. The number of carboxylic acids is 1. The molecule has 1 N–H and O–H groups in total. The van der Waals surface area contributed by atoms with E-state index in [1.165, 1.54) is 7.11 Å². The van der Waals surface area contributed by atoms with Crippen molar-refractivity contribution < 1.29 is 14.6 Å². The Balaban J connectivity index is 2.58. The topological polar surface area (TPSA) is 59.4 Å². The van der Waals surface area contributed by atoms with Crippen LogP contribution in [-0.2, 0) is 0 Å². The van der Waals surface area contributed by atoms with Gasteiger partial charge in [0.2, 0.25) is 0 Å². The number of carbonyl (C=O) groups is 1. The molecule has 0 amide bonds. The van der Waals surface area contributed by atoms with E-state index >= 15 is 0 Å². The number of aromatic carboxylic acids is 1. The molecule has 0 spiro atoms. The fraction of sp³-hybridized carbons (Fsp3) is 0.167. The quantitative estimate of drug-likeness (QED) is 0.937. The Hall–Kier alpha value is -1.59. The van der Waals surface area contributed by atoms with Crippen molar-refractivity contribution in [2.24, 2.45) is 0 Å². The summed E-state index contributed by atoms with van der Waals surface area (Å²) in [4.78, 5) is 15.6. The third kappa shape index (κ3) is 2.32. The minimum absolute atomic E-state index is 0.219. The van der Waals surface area contributed by atoms with E-state index in [9.17, 15) is 4.79 Å². The molecule has 0 atom stereocenters. The molecule has 94 valence electrons. The van der Waals surface area contributed by atoms with Gasteiger partial charge < -0.3 is 9.84 Å². The number of hydrogen-bond donors (Lipinski definition) is 1. The second-order valence-corrected chi connectivity index (χ2v) is 5.18. The predicted molar refractivity (Wildman–Crippen MR) is 70.8 cm³/mol. The maximum absolute atomic E-state index is 11.1. The van der Waals surface area contributed by atoms with Crippen molar-refractivity contribution in [1.29, 1.82) is 0 Å². The molecule has 0 saturated carbocycles. The molecule has 0 bridgehead atoms. The van der Waals surface area contributed by atoms with Gasteiger partial charge in [-0.25, -0.2) is 9.78 Å². The van der Waals surface area contributed by atoms with Crippen LogP contribution in [0.2, 0.25) is 5.02 Å². The number of aryl methyl sites for hydroxylation is 1. The summed E-state index contributed by atoms with van der Waals surface area (Å²) in [5, 5.41) is 10.3. The lowest BCUT2D eigenvalue weighted by Gasteiger charge is -2.05. The Kier molecular flexibility index (Phi) is 3.54. The Bertz CT molecular complexity index is 609. The molecule has 1 heterocycles. The molecule has 2 rings (SSSR count). The lowest BCUT2D eigenvalue weighted by Crippen LogP contribution is -1.96. The molecule has 18 heavy (non-hydrogen) atoms. The number of halogens is 1. The second kappa shape index (κ2) is 4.96. The summed E-state index contributed by atoms with van der Waals surface area (Å²) in [5.74, 6) is -0.485. The molecule has 1 aromatic carbocycles. The number of thiazole rings is 1. The zero-order valence-electron chi connectivity index (χ0n) is 9.73. The Morgan fingerprint density at radius 1 is 1.50 bits per heavy atom. The van der Waals surface area contributed by atoms with Crippen LogP contribution in [0.4, 0.5) is 0 Å². The first-order valence-electron chi connectivity index (χ1n) is 5.07. The van der Waals surface area contributed by atoms with Gasteiger partial charge in [0.15, 0.2) is 0 Å². The van der Waals surface area contributed by atoms with Gasteiger partial charge in [-0.1, -0.05) is 17.7 Å². The zero-order valence-corrected chi connectivity index (χ0v) is 11.3. The monoisotopic (exact) mass is 283 g/mol. The molecule has 2 aromatic rings. The third-order valence-corrected chi connectivity index (χ3v) is 3.62. The van der Waals surface area contributed by atoms with E-state index in [0.29, 0.717) is 27.0 Å². The summed E-state index contributed by atoms with van der Waals surface area (Å²) < 4.78 is 5.11. The highest BCUT2D eigenvalue weighted by Gasteiger charge is 2.18. The minimum Gasteiger partial charge on any atom is -0.495 e. The van der Waals surface area contributed by atoms with Crippen LogP contribution < -0.4 is 4.74 Å². The number of benzene rings is 1. The number of rotatable bonds is 3. The predicted octanol–water partition coefficient (Wildman–Crippen LogP) is 3.48. The smallest absolute Gasteiger partial charge is 0.348 e. The van der Waals surface area contributed by atoms with Gasteiger partial charge >= 0.3 is 5.97 Å². The van der Waals surface area contributed by atoms with Crippen LogP contribution in [0.15, 0.2) is 18.2 Å². The number of ether oxygens (including phenoxy) is 1. The molecule has 0 fully saturated rings. The number of nitrogens with zero attached hydrogens (tertiary/aromatic N) is 1. The first-order chi connectivity index (χ1) is 8.52. The van der Waals surface area contributed by atoms with Gasteiger partial charge in [0.25, 0.3) is 0 Å². The highest BCUT2D eigenvalue weighted by Crippen LogP contribution is 2.33. The Morgan fingerprint density at radius 2 is 2.22 bits per heavy atom. The SMILES string of the molecule is COc1cc(-c2nc(C)sc2C(=O)O)ccc1Cl. The molecule has 4 nitrogen and oxygen atoms in total. The Morgan fingerprint density at radius 3 is 2.83 bits per heavy atom. The van der Waals surface area contributed by atoms with Crippen LogP contribution >= 0.6 is 22.9 Å². The molecule has 0 unspecified atom stereocenters. The zero-order chi connectivity index (χ0) is 13.3. The number of carboxylic acid groups (broad SMARTS) is 1. The second-order valence-electron chi connectivity index (χ2n) is 3.57. The summed E-state index contributed by atoms with van der Waals surface area (Å²) in [6.45, 7) is 1.77.